The molecule has 0 bridgehead atoms. The third-order valence-corrected chi connectivity index (χ3v) is 4.92. The number of hydrogen-bond donors (Lipinski definition) is 0. The van der Waals surface area contributed by atoms with Gasteiger partial charge in [0.25, 0.3) is 0 Å². The first-order chi connectivity index (χ1) is 12.0. The van der Waals surface area contributed by atoms with Crippen LogP contribution in [0.5, 0.6) is 0 Å². The molecule has 0 aromatic heterocycles. The molecule has 1 aliphatic rings. The minimum Gasteiger partial charge on any atom is -0.313 e. The highest BCUT2D eigenvalue weighted by Gasteiger charge is 2.40. The van der Waals surface area contributed by atoms with Gasteiger partial charge in [-0.05, 0) is 55.4 Å². The van der Waals surface area contributed by atoms with Gasteiger partial charge in [0.2, 0.25) is 0 Å². The maximum atomic E-state index is 12.0. The van der Waals surface area contributed by atoms with E-state index in [0.717, 1.165) is 17.7 Å². The summed E-state index contributed by atoms with van der Waals surface area (Å²) >= 11 is 0. The van der Waals surface area contributed by atoms with E-state index in [1.807, 2.05) is 26.0 Å². The van der Waals surface area contributed by atoms with Crippen molar-refractivity contribution >= 4 is 11.7 Å². The highest BCUT2D eigenvalue weighted by atomic mass is 16.7. The minimum atomic E-state index is -0.405. The zero-order valence-electron chi connectivity index (χ0n) is 15.3. The summed E-state index contributed by atoms with van der Waals surface area (Å²) in [4.78, 5) is 17.1. The minimum absolute atomic E-state index is 0.371. The van der Waals surface area contributed by atoms with E-state index in [1.54, 1.807) is 12.1 Å². The molecule has 2 atom stereocenters. The van der Waals surface area contributed by atoms with Crippen LogP contribution in [0.4, 0.5) is 0 Å². The third-order valence-electron chi connectivity index (χ3n) is 4.92. The van der Waals surface area contributed by atoms with Gasteiger partial charge in [0.1, 0.15) is 0 Å². The lowest BCUT2D eigenvalue weighted by molar-refractivity contribution is 0.0514. The number of benzene rings is 2. The van der Waals surface area contributed by atoms with Crippen molar-refractivity contribution in [2.75, 3.05) is 0 Å². The molecule has 2 aromatic carbocycles. The first-order valence-corrected chi connectivity index (χ1v) is 8.88. The van der Waals surface area contributed by atoms with Gasteiger partial charge in [-0.25, -0.2) is 4.79 Å². The number of oxime groups is 1. The van der Waals surface area contributed by atoms with Crippen LogP contribution >= 0.6 is 0 Å². The summed E-state index contributed by atoms with van der Waals surface area (Å²) in [5.41, 5.74) is 5.23. The molecule has 0 spiro atoms. The first-order valence-electron chi connectivity index (χ1n) is 8.88. The van der Waals surface area contributed by atoms with E-state index in [0.29, 0.717) is 23.3 Å². The standard InChI is InChI=1S/C22H25NO2/c1-14(2)17-9-11-18(12-10-17)21-13-20(21)16(4)23-25-22(24)19-7-5-15(3)6-8-19/h5-12,14,20-21H,13H2,1-4H3. The number of aryl methyl sites for hydroxylation is 1. The fourth-order valence-electron chi connectivity index (χ4n) is 3.08. The van der Waals surface area contributed by atoms with Gasteiger partial charge >= 0.3 is 5.97 Å². The molecule has 2 aromatic rings. The quantitative estimate of drug-likeness (QED) is 0.414. The van der Waals surface area contributed by atoms with Gasteiger partial charge in [0.15, 0.2) is 0 Å². The fraction of sp³-hybridized carbons (Fsp3) is 0.364. The van der Waals surface area contributed by atoms with Crippen molar-refractivity contribution in [1.82, 2.24) is 0 Å². The SMILES string of the molecule is CC(=NOC(=O)c1ccc(C)cc1)C1CC1c1ccc(C(C)C)cc1. The molecule has 1 aliphatic carbocycles. The van der Waals surface area contributed by atoms with Gasteiger partial charge in [-0.3, -0.25) is 0 Å². The van der Waals surface area contributed by atoms with Crippen molar-refractivity contribution < 1.29 is 9.63 Å². The lowest BCUT2D eigenvalue weighted by atomic mass is 9.99. The van der Waals surface area contributed by atoms with Gasteiger partial charge in [-0.15, -0.1) is 0 Å². The Labute approximate surface area is 149 Å². The summed E-state index contributed by atoms with van der Waals surface area (Å²) in [7, 11) is 0. The molecule has 0 N–H and O–H groups in total. The Morgan fingerprint density at radius 2 is 1.72 bits per heavy atom. The Kier molecular flexibility index (Phi) is 5.03. The second kappa shape index (κ2) is 7.22. The molecule has 1 fully saturated rings. The van der Waals surface area contributed by atoms with Crippen LogP contribution in [0.1, 0.15) is 66.1 Å². The summed E-state index contributed by atoms with van der Waals surface area (Å²) in [5, 5.41) is 4.07. The number of carbonyl (C=O) groups is 1. The average molecular weight is 335 g/mol. The zero-order valence-corrected chi connectivity index (χ0v) is 15.3. The Bertz CT molecular complexity index is 773. The maximum absolute atomic E-state index is 12.0. The van der Waals surface area contributed by atoms with Gasteiger partial charge in [0, 0.05) is 5.92 Å². The molecular formula is C22H25NO2. The van der Waals surface area contributed by atoms with Gasteiger partial charge in [-0.1, -0.05) is 61.0 Å². The molecule has 0 aliphatic heterocycles. The van der Waals surface area contributed by atoms with Crippen molar-refractivity contribution in [3.63, 3.8) is 0 Å². The monoisotopic (exact) mass is 335 g/mol. The van der Waals surface area contributed by atoms with Crippen molar-refractivity contribution in [2.45, 2.75) is 46.0 Å². The third kappa shape index (κ3) is 4.16. The molecule has 3 nitrogen and oxygen atoms in total. The van der Waals surface area contributed by atoms with Crippen LogP contribution in [-0.2, 0) is 4.84 Å². The van der Waals surface area contributed by atoms with Crippen LogP contribution in [0.25, 0.3) is 0 Å². The van der Waals surface area contributed by atoms with E-state index in [9.17, 15) is 4.79 Å². The maximum Gasteiger partial charge on any atom is 0.365 e. The number of nitrogens with zero attached hydrogens (tertiary/aromatic N) is 1. The largest absolute Gasteiger partial charge is 0.365 e. The molecule has 0 heterocycles. The normalized spacial score (nSPS) is 19.8. The van der Waals surface area contributed by atoms with Gasteiger partial charge in [-0.2, -0.15) is 0 Å². The highest BCUT2D eigenvalue weighted by molar-refractivity contribution is 5.91. The number of rotatable bonds is 5. The van der Waals surface area contributed by atoms with Crippen LogP contribution in [0.2, 0.25) is 0 Å². The van der Waals surface area contributed by atoms with Gasteiger partial charge in [0.05, 0.1) is 11.3 Å². The van der Waals surface area contributed by atoms with Crippen LogP contribution in [-0.4, -0.2) is 11.7 Å². The Balaban J connectivity index is 1.58. The molecule has 3 heteroatoms. The molecule has 130 valence electrons. The van der Waals surface area contributed by atoms with Crippen LogP contribution < -0.4 is 0 Å². The van der Waals surface area contributed by atoms with E-state index in [4.69, 9.17) is 4.84 Å². The Hall–Kier alpha value is -2.42. The van der Waals surface area contributed by atoms with Crippen LogP contribution in [0.3, 0.4) is 0 Å². The molecular weight excluding hydrogens is 310 g/mol. The molecule has 0 radical (unpaired) electrons. The van der Waals surface area contributed by atoms with E-state index in [1.165, 1.54) is 11.1 Å². The number of carbonyl (C=O) groups excluding carboxylic acids is 1. The summed E-state index contributed by atoms with van der Waals surface area (Å²) in [6.07, 6.45) is 1.07. The highest BCUT2D eigenvalue weighted by Crippen LogP contribution is 2.48. The van der Waals surface area contributed by atoms with Crippen LogP contribution in [0, 0.1) is 12.8 Å². The predicted molar refractivity (Wildman–Crippen MR) is 101 cm³/mol. The van der Waals surface area contributed by atoms with Gasteiger partial charge < -0.3 is 4.84 Å². The van der Waals surface area contributed by atoms with Crippen molar-refractivity contribution in [3.05, 3.63) is 70.8 Å². The lowest BCUT2D eigenvalue weighted by Crippen LogP contribution is -2.04. The molecule has 0 saturated heterocycles. The average Bonchev–Trinajstić information content (AvgIpc) is 3.41. The summed E-state index contributed by atoms with van der Waals surface area (Å²) < 4.78 is 0. The first kappa shape index (κ1) is 17.4. The summed E-state index contributed by atoms with van der Waals surface area (Å²) in [6.45, 7) is 8.33. The second-order valence-electron chi connectivity index (χ2n) is 7.25. The van der Waals surface area contributed by atoms with Crippen LogP contribution in [0.15, 0.2) is 53.7 Å². The van der Waals surface area contributed by atoms with Crippen molar-refractivity contribution in [1.29, 1.82) is 0 Å². The topological polar surface area (TPSA) is 38.7 Å². The molecule has 25 heavy (non-hydrogen) atoms. The molecule has 1 saturated carbocycles. The predicted octanol–water partition coefficient (Wildman–Crippen LogP) is 5.45. The fourth-order valence-corrected chi connectivity index (χ4v) is 3.08. The van der Waals surface area contributed by atoms with E-state index < -0.39 is 5.97 Å². The van der Waals surface area contributed by atoms with E-state index in [-0.39, 0.29) is 0 Å². The smallest absolute Gasteiger partial charge is 0.313 e. The Morgan fingerprint density at radius 3 is 2.32 bits per heavy atom. The summed E-state index contributed by atoms with van der Waals surface area (Å²) in [5.74, 6) is 1.00. The molecule has 0 amide bonds. The van der Waals surface area contributed by atoms with Crippen molar-refractivity contribution in [2.24, 2.45) is 11.1 Å². The van der Waals surface area contributed by atoms with E-state index in [2.05, 4.69) is 43.3 Å². The lowest BCUT2D eigenvalue weighted by Gasteiger charge is -2.06. The second-order valence-corrected chi connectivity index (χ2v) is 7.25. The molecule has 3 rings (SSSR count). The molecule has 2 unspecified atom stereocenters. The van der Waals surface area contributed by atoms with E-state index >= 15 is 0 Å². The Morgan fingerprint density at radius 1 is 1.08 bits per heavy atom. The van der Waals surface area contributed by atoms with Crippen molar-refractivity contribution in [3.8, 4) is 0 Å². The zero-order chi connectivity index (χ0) is 18.0. The number of hydrogen-bond acceptors (Lipinski definition) is 3. The summed E-state index contributed by atoms with van der Waals surface area (Å²) in [6, 6.07) is 16.2.